The van der Waals surface area contributed by atoms with E-state index in [0.717, 1.165) is 12.8 Å². The van der Waals surface area contributed by atoms with Crippen molar-refractivity contribution in [3.63, 3.8) is 0 Å². The number of ether oxygens (including phenoxy) is 1. The molecular formula is C14H12F3NO. The summed E-state index contributed by atoms with van der Waals surface area (Å²) in [6.45, 7) is 2.27. The first kappa shape index (κ1) is 12.4. The molecule has 100 valence electrons. The van der Waals surface area contributed by atoms with E-state index in [0.29, 0.717) is 23.9 Å². The summed E-state index contributed by atoms with van der Waals surface area (Å²) in [6, 6.07) is 2.17. The fourth-order valence-electron chi connectivity index (χ4n) is 2.54. The minimum atomic E-state index is -1.20. The first-order chi connectivity index (χ1) is 9.08. The Balaban J connectivity index is 2.36. The van der Waals surface area contributed by atoms with Gasteiger partial charge in [0.05, 0.1) is 6.10 Å². The molecule has 0 radical (unpaired) electrons. The summed E-state index contributed by atoms with van der Waals surface area (Å²) in [5, 5.41) is -0.102. The molecule has 1 aliphatic heterocycles. The second-order valence-corrected chi connectivity index (χ2v) is 4.73. The lowest BCUT2D eigenvalue weighted by molar-refractivity contribution is 0.113. The quantitative estimate of drug-likeness (QED) is 0.733. The van der Waals surface area contributed by atoms with Gasteiger partial charge in [0.2, 0.25) is 0 Å². The van der Waals surface area contributed by atoms with Gasteiger partial charge < -0.3 is 4.74 Å². The second kappa shape index (κ2) is 4.49. The second-order valence-electron chi connectivity index (χ2n) is 4.73. The molecule has 1 fully saturated rings. The van der Waals surface area contributed by atoms with Crippen LogP contribution in [0.2, 0.25) is 0 Å². The van der Waals surface area contributed by atoms with E-state index in [1.54, 1.807) is 13.0 Å². The first-order valence-electron chi connectivity index (χ1n) is 6.14. The predicted octanol–water partition coefficient (Wildman–Crippen LogP) is 3.81. The number of benzene rings is 1. The Hall–Kier alpha value is -1.62. The molecule has 1 unspecified atom stereocenters. The fourth-order valence-corrected chi connectivity index (χ4v) is 2.54. The molecule has 19 heavy (non-hydrogen) atoms. The van der Waals surface area contributed by atoms with Crippen molar-refractivity contribution in [3.05, 3.63) is 40.8 Å². The Bertz CT molecular complexity index is 651. The van der Waals surface area contributed by atoms with Gasteiger partial charge in [-0.3, -0.25) is 0 Å². The number of fused-ring (bicyclic) bond motifs is 1. The largest absolute Gasteiger partial charge is 0.374 e. The average Bonchev–Trinajstić information content (AvgIpc) is 2.89. The highest BCUT2D eigenvalue weighted by molar-refractivity contribution is 5.84. The smallest absolute Gasteiger partial charge is 0.168 e. The van der Waals surface area contributed by atoms with Crippen LogP contribution in [-0.2, 0) is 4.74 Å². The molecule has 0 saturated carbocycles. The summed E-state index contributed by atoms with van der Waals surface area (Å²) in [4.78, 5) is 3.97. The van der Waals surface area contributed by atoms with Gasteiger partial charge in [0.15, 0.2) is 17.5 Å². The van der Waals surface area contributed by atoms with Crippen molar-refractivity contribution >= 4 is 10.9 Å². The summed E-state index contributed by atoms with van der Waals surface area (Å²) in [5.74, 6) is -3.11. The molecule has 1 aromatic heterocycles. The zero-order valence-corrected chi connectivity index (χ0v) is 10.3. The highest BCUT2D eigenvalue weighted by atomic mass is 19.2. The molecule has 5 heteroatoms. The van der Waals surface area contributed by atoms with E-state index in [1.165, 1.54) is 0 Å². The molecule has 0 N–H and O–H groups in total. The van der Waals surface area contributed by atoms with Gasteiger partial charge in [-0.15, -0.1) is 0 Å². The number of hydrogen-bond acceptors (Lipinski definition) is 2. The zero-order chi connectivity index (χ0) is 13.6. The fraction of sp³-hybridized carbons (Fsp3) is 0.357. The summed E-state index contributed by atoms with van der Waals surface area (Å²) >= 11 is 0. The molecule has 0 amide bonds. The monoisotopic (exact) mass is 267 g/mol. The van der Waals surface area contributed by atoms with Crippen molar-refractivity contribution in [1.82, 2.24) is 4.98 Å². The summed E-state index contributed by atoms with van der Waals surface area (Å²) in [7, 11) is 0. The number of halogens is 3. The Labute approximate surface area is 108 Å². The van der Waals surface area contributed by atoms with Crippen LogP contribution in [0.4, 0.5) is 13.2 Å². The molecule has 1 aromatic carbocycles. The molecular weight excluding hydrogens is 255 g/mol. The van der Waals surface area contributed by atoms with Crippen LogP contribution in [0.3, 0.4) is 0 Å². The maximum absolute atomic E-state index is 14.0. The van der Waals surface area contributed by atoms with Crippen LogP contribution in [0, 0.1) is 24.4 Å². The van der Waals surface area contributed by atoms with Crippen molar-refractivity contribution in [2.75, 3.05) is 6.61 Å². The highest BCUT2D eigenvalue weighted by Gasteiger charge is 2.25. The van der Waals surface area contributed by atoms with Gasteiger partial charge in [0, 0.05) is 23.8 Å². The molecule has 0 aliphatic carbocycles. The Morgan fingerprint density at radius 1 is 1.21 bits per heavy atom. The molecule has 0 spiro atoms. The van der Waals surface area contributed by atoms with Gasteiger partial charge in [0.25, 0.3) is 0 Å². The van der Waals surface area contributed by atoms with Crippen molar-refractivity contribution in [2.24, 2.45) is 0 Å². The molecule has 2 aromatic rings. The summed E-state index contributed by atoms with van der Waals surface area (Å²) in [6.07, 6.45) is 1.25. The van der Waals surface area contributed by atoms with Crippen LogP contribution in [0.1, 0.15) is 30.2 Å². The van der Waals surface area contributed by atoms with E-state index in [2.05, 4.69) is 4.98 Å². The maximum Gasteiger partial charge on any atom is 0.168 e. The summed E-state index contributed by atoms with van der Waals surface area (Å²) in [5.41, 5.74) is 0.906. The topological polar surface area (TPSA) is 22.1 Å². The minimum absolute atomic E-state index is 0.102. The molecule has 3 rings (SSSR count). The molecule has 1 aliphatic rings. The predicted molar refractivity (Wildman–Crippen MR) is 64.3 cm³/mol. The standard InChI is InChI=1S/C14H12F3NO/c1-7-5-8(11-3-2-4-19-11)12-13(17)9(15)6-10(16)14(12)18-7/h5-6,11H,2-4H2,1H3. The van der Waals surface area contributed by atoms with Gasteiger partial charge in [-0.05, 0) is 31.4 Å². The van der Waals surface area contributed by atoms with Gasteiger partial charge in [-0.2, -0.15) is 0 Å². The highest BCUT2D eigenvalue weighted by Crippen LogP contribution is 2.36. The van der Waals surface area contributed by atoms with E-state index >= 15 is 0 Å². The SMILES string of the molecule is Cc1cc(C2CCCO2)c2c(F)c(F)cc(F)c2n1. The number of nitrogens with zero attached hydrogens (tertiary/aromatic N) is 1. The van der Waals surface area contributed by atoms with Crippen LogP contribution < -0.4 is 0 Å². The van der Waals surface area contributed by atoms with Crippen molar-refractivity contribution in [2.45, 2.75) is 25.9 Å². The number of pyridine rings is 1. The van der Waals surface area contributed by atoms with Crippen LogP contribution in [0.5, 0.6) is 0 Å². The number of aromatic nitrogens is 1. The van der Waals surface area contributed by atoms with Gasteiger partial charge in [0.1, 0.15) is 5.52 Å². The summed E-state index contributed by atoms with van der Waals surface area (Å²) < 4.78 is 46.6. The first-order valence-corrected chi connectivity index (χ1v) is 6.14. The number of rotatable bonds is 1. The lowest BCUT2D eigenvalue weighted by Gasteiger charge is -2.15. The number of hydrogen-bond donors (Lipinski definition) is 0. The number of aryl methyl sites for hydroxylation is 1. The molecule has 0 bridgehead atoms. The zero-order valence-electron chi connectivity index (χ0n) is 10.3. The molecule has 2 nitrogen and oxygen atoms in total. The van der Waals surface area contributed by atoms with Gasteiger partial charge in [-0.25, -0.2) is 18.2 Å². The Morgan fingerprint density at radius 2 is 2.00 bits per heavy atom. The average molecular weight is 267 g/mol. The Morgan fingerprint density at radius 3 is 2.68 bits per heavy atom. The van der Waals surface area contributed by atoms with Crippen molar-refractivity contribution in [3.8, 4) is 0 Å². The van der Waals surface area contributed by atoms with E-state index < -0.39 is 17.5 Å². The lowest BCUT2D eigenvalue weighted by atomic mass is 10.00. The van der Waals surface area contributed by atoms with E-state index in [-0.39, 0.29) is 17.0 Å². The minimum Gasteiger partial charge on any atom is -0.374 e. The van der Waals surface area contributed by atoms with Crippen LogP contribution in [0.25, 0.3) is 10.9 Å². The van der Waals surface area contributed by atoms with E-state index in [4.69, 9.17) is 4.74 Å². The third-order valence-corrected chi connectivity index (χ3v) is 3.36. The maximum atomic E-state index is 14.0. The normalized spacial score (nSPS) is 19.3. The molecule has 1 saturated heterocycles. The van der Waals surface area contributed by atoms with Crippen molar-refractivity contribution < 1.29 is 17.9 Å². The third-order valence-electron chi connectivity index (χ3n) is 3.36. The lowest BCUT2D eigenvalue weighted by Crippen LogP contribution is -2.04. The van der Waals surface area contributed by atoms with Crippen LogP contribution in [0.15, 0.2) is 12.1 Å². The van der Waals surface area contributed by atoms with Crippen LogP contribution in [-0.4, -0.2) is 11.6 Å². The molecule has 2 heterocycles. The Kier molecular flexibility index (Phi) is 2.93. The van der Waals surface area contributed by atoms with Gasteiger partial charge >= 0.3 is 0 Å². The third kappa shape index (κ3) is 1.98. The molecule has 1 atom stereocenters. The van der Waals surface area contributed by atoms with Gasteiger partial charge in [-0.1, -0.05) is 0 Å². The van der Waals surface area contributed by atoms with Crippen molar-refractivity contribution in [1.29, 1.82) is 0 Å². The van der Waals surface area contributed by atoms with E-state index in [9.17, 15) is 13.2 Å². The van der Waals surface area contributed by atoms with E-state index in [1.807, 2.05) is 0 Å². The van der Waals surface area contributed by atoms with Crippen LogP contribution >= 0.6 is 0 Å².